The zero-order chi connectivity index (χ0) is 60.6. The molecule has 0 bridgehead atoms. The predicted molar refractivity (Wildman–Crippen MR) is 300 cm³/mol. The molecule has 2 unspecified atom stereocenters. The van der Waals surface area contributed by atoms with E-state index in [0.29, 0.717) is 109 Å². The number of fused-ring (bicyclic) bond motifs is 2. The van der Waals surface area contributed by atoms with Crippen LogP contribution in [0.4, 0.5) is 5.69 Å². The lowest BCUT2D eigenvalue weighted by atomic mass is 9.93. The molecule has 4 fully saturated rings. The van der Waals surface area contributed by atoms with Crippen LogP contribution in [0.2, 0.25) is 0 Å². The number of Topliss-reactive ketones (excluding diaryl/α,β-unsaturated/α-hetero) is 3. The molecule has 82 heavy (non-hydrogen) atoms. The number of hydrogen-bond acceptors (Lipinski definition) is 14. The highest BCUT2D eigenvalue weighted by Gasteiger charge is 2.43. The molecule has 0 saturated carbocycles. The first-order chi connectivity index (χ1) is 39.1. The molecular formula is C58H87N9O15. The fourth-order valence-electron chi connectivity index (χ4n) is 10.6. The van der Waals surface area contributed by atoms with Gasteiger partial charge in [-0.15, -0.1) is 0 Å². The Morgan fingerprint density at radius 3 is 1.37 bits per heavy atom. The molecule has 4 aliphatic heterocycles. The first-order valence-corrected chi connectivity index (χ1v) is 29.5. The van der Waals surface area contributed by atoms with E-state index in [1.807, 2.05) is 20.8 Å². The SMILES string of the molecule is CCC(=O)CCCCC[C@@H]1NC(=O)[C@H]2CCCCN2C(=O)[C@H](C(C)CC)NC(=O)[C@H](CC(=O)O)NC1=O.CCC(=O)CCCCC[C@@H]1NC(=O)[C@H]2CCCCN2C(=O)[C@H](C(C)CC)NC(=O)[C@H](CC(=O)c2ccccc2[N+](=O)[O-])NC1=O. The number of carboxylic acid groups (broad SMARTS) is 1. The molecule has 0 radical (unpaired) electrons. The number of ketones is 3. The fraction of sp³-hybridized carbons (Fsp3) is 0.690. The van der Waals surface area contributed by atoms with Gasteiger partial charge < -0.3 is 46.8 Å². The number of benzene rings is 1. The molecule has 4 aliphatic rings. The number of carbonyl (C=O) groups is 12. The van der Waals surface area contributed by atoms with Crippen LogP contribution in [0.15, 0.2) is 24.3 Å². The maximum atomic E-state index is 13.9. The third-order valence-corrected chi connectivity index (χ3v) is 16.1. The third-order valence-electron chi connectivity index (χ3n) is 16.1. The van der Waals surface area contributed by atoms with E-state index < -0.39 is 125 Å². The van der Waals surface area contributed by atoms with E-state index in [-0.39, 0.29) is 47.7 Å². The highest BCUT2D eigenvalue weighted by molar-refractivity contribution is 6.05. The van der Waals surface area contributed by atoms with Crippen LogP contribution < -0.4 is 31.9 Å². The topological polar surface area (TPSA) is 347 Å². The van der Waals surface area contributed by atoms with Gasteiger partial charge in [-0.2, -0.15) is 0 Å². The number of nitrogens with one attached hydrogen (secondary N) is 6. The first-order valence-electron chi connectivity index (χ1n) is 29.5. The molecule has 4 saturated heterocycles. The van der Waals surface area contributed by atoms with Crippen molar-refractivity contribution in [2.75, 3.05) is 13.1 Å². The number of aliphatic carboxylic acids is 1. The van der Waals surface area contributed by atoms with Crippen LogP contribution in [0.25, 0.3) is 0 Å². The van der Waals surface area contributed by atoms with Gasteiger partial charge in [0.25, 0.3) is 5.69 Å². The summed E-state index contributed by atoms with van der Waals surface area (Å²) >= 11 is 0. The Hall–Kier alpha value is -7.14. The van der Waals surface area contributed by atoms with Gasteiger partial charge in [-0.05, 0) is 82.1 Å². The van der Waals surface area contributed by atoms with Crippen molar-refractivity contribution in [3.63, 3.8) is 0 Å². The number of carbonyl (C=O) groups excluding carboxylic acids is 11. The summed E-state index contributed by atoms with van der Waals surface area (Å²) in [6, 6.07) is -3.11. The smallest absolute Gasteiger partial charge is 0.305 e. The average molecular weight is 1150 g/mol. The van der Waals surface area contributed by atoms with Crippen molar-refractivity contribution in [3.8, 4) is 0 Å². The van der Waals surface area contributed by atoms with E-state index in [1.54, 1.807) is 20.8 Å². The van der Waals surface area contributed by atoms with Crippen molar-refractivity contribution in [2.24, 2.45) is 11.8 Å². The minimum atomic E-state index is -1.47. The second-order valence-electron chi connectivity index (χ2n) is 22.1. The molecule has 24 heteroatoms. The summed E-state index contributed by atoms with van der Waals surface area (Å²) in [7, 11) is 0. The second-order valence-corrected chi connectivity index (χ2v) is 22.1. The minimum absolute atomic E-state index is 0.141. The lowest BCUT2D eigenvalue weighted by Gasteiger charge is -2.39. The maximum absolute atomic E-state index is 13.9. The number of nitro groups is 1. The Kier molecular flexibility index (Phi) is 27.7. The number of nitro benzene ring substituents is 1. The molecule has 24 nitrogen and oxygen atoms in total. The quantitative estimate of drug-likeness (QED) is 0.0329. The van der Waals surface area contributed by atoms with Gasteiger partial charge in [-0.3, -0.25) is 67.6 Å². The van der Waals surface area contributed by atoms with Crippen molar-refractivity contribution in [1.29, 1.82) is 0 Å². The molecule has 1 aromatic rings. The molecule has 454 valence electrons. The van der Waals surface area contributed by atoms with E-state index in [4.69, 9.17) is 0 Å². The summed E-state index contributed by atoms with van der Waals surface area (Å²) in [4.78, 5) is 170. The summed E-state index contributed by atoms with van der Waals surface area (Å²) in [6.45, 7) is 11.6. The molecule has 1 aromatic carbocycles. The van der Waals surface area contributed by atoms with Crippen molar-refractivity contribution in [2.45, 2.75) is 231 Å². The summed E-state index contributed by atoms with van der Waals surface area (Å²) in [6.07, 6.45) is 9.52. The highest BCUT2D eigenvalue weighted by atomic mass is 16.6. The van der Waals surface area contributed by atoms with Crippen LogP contribution in [0.1, 0.15) is 193 Å². The van der Waals surface area contributed by atoms with Crippen molar-refractivity contribution in [3.05, 3.63) is 39.9 Å². The number of hydrogen-bond donors (Lipinski definition) is 7. The number of unbranched alkanes of at least 4 members (excludes halogenated alkanes) is 4. The molecule has 8 amide bonds. The van der Waals surface area contributed by atoms with Gasteiger partial charge >= 0.3 is 5.97 Å². The second kappa shape index (κ2) is 33.7. The molecule has 5 rings (SSSR count). The lowest BCUT2D eigenvalue weighted by Crippen LogP contribution is -2.64. The molecule has 7 N–H and O–H groups in total. The Labute approximate surface area is 480 Å². The number of piperidine rings is 2. The monoisotopic (exact) mass is 1150 g/mol. The normalized spacial score (nSPS) is 24.6. The average Bonchev–Trinajstić information content (AvgIpc) is 3.67. The van der Waals surface area contributed by atoms with E-state index in [0.717, 1.165) is 19.3 Å². The van der Waals surface area contributed by atoms with E-state index >= 15 is 0 Å². The molecule has 0 aromatic heterocycles. The Bertz CT molecular complexity index is 2470. The molecule has 0 spiro atoms. The number of amides is 8. The van der Waals surface area contributed by atoms with Crippen molar-refractivity contribution < 1.29 is 67.6 Å². The van der Waals surface area contributed by atoms with Gasteiger partial charge in [-0.25, -0.2) is 0 Å². The number of rotatable bonds is 24. The van der Waals surface area contributed by atoms with Gasteiger partial charge in [0, 0.05) is 51.3 Å². The zero-order valence-electron chi connectivity index (χ0n) is 48.6. The largest absolute Gasteiger partial charge is 0.481 e. The summed E-state index contributed by atoms with van der Waals surface area (Å²) in [5.41, 5.74) is -0.647. The van der Waals surface area contributed by atoms with Crippen LogP contribution >= 0.6 is 0 Å². The standard InChI is InChI=1S/C32H45N5O8.C26H42N4O7/c1-4-20(3)28-32(43)36-18-12-11-17-26(36)31(42)33-23(15-8-6-7-13-21(38)5-2)29(40)34-24(30(41)35-28)19-27(39)22-14-9-10-16-25(22)37(44)45;1-4-16(3)22-26(37)30-14-10-9-13-20(30)25(36)27-18(12-8-6-7-11-17(31)5-2)23(34)28-19(15-21(32)33)24(35)29-22/h9-10,14,16,20,23-24,26,28H,4-8,11-13,15,17-19H2,1-3H3,(H,33,42)(H,34,40)(H,35,41);16,18-20,22H,4-15H2,1-3H3,(H,27,36)(H,28,34)(H,29,35)(H,32,33)/t20?,23-,24-,26+,28-;16?,18-,19-,20+,22-/m00/s1. The van der Waals surface area contributed by atoms with Crippen molar-refractivity contribution >= 4 is 76.3 Å². The van der Waals surface area contributed by atoms with E-state index in [1.165, 1.54) is 34.1 Å². The van der Waals surface area contributed by atoms with Crippen LogP contribution in [0.5, 0.6) is 0 Å². The summed E-state index contributed by atoms with van der Waals surface area (Å²) in [5.74, 6) is -6.83. The number of nitrogens with zero attached hydrogens (tertiary/aromatic N) is 3. The minimum Gasteiger partial charge on any atom is -0.481 e. The van der Waals surface area contributed by atoms with Crippen LogP contribution in [-0.2, 0) is 52.7 Å². The Balaban J connectivity index is 0.000000360. The van der Waals surface area contributed by atoms with E-state index in [9.17, 15) is 72.8 Å². The number of para-hydroxylation sites is 1. The number of carboxylic acids is 1. The summed E-state index contributed by atoms with van der Waals surface area (Å²) in [5, 5.41) is 37.0. The Morgan fingerprint density at radius 1 is 0.561 bits per heavy atom. The predicted octanol–water partition coefficient (Wildman–Crippen LogP) is 4.28. The Morgan fingerprint density at radius 2 is 0.963 bits per heavy atom. The van der Waals surface area contributed by atoms with Gasteiger partial charge in [-0.1, -0.05) is 92.2 Å². The van der Waals surface area contributed by atoms with E-state index in [2.05, 4.69) is 31.9 Å². The van der Waals surface area contributed by atoms with Gasteiger partial charge in [0.05, 0.1) is 16.9 Å². The lowest BCUT2D eigenvalue weighted by molar-refractivity contribution is -0.385. The van der Waals surface area contributed by atoms with Gasteiger partial charge in [0.2, 0.25) is 47.3 Å². The third kappa shape index (κ3) is 19.8. The zero-order valence-corrected chi connectivity index (χ0v) is 48.6. The van der Waals surface area contributed by atoms with Crippen LogP contribution in [0, 0.1) is 22.0 Å². The maximum Gasteiger partial charge on any atom is 0.305 e. The first kappa shape index (κ1) is 67.4. The highest BCUT2D eigenvalue weighted by Crippen LogP contribution is 2.26. The van der Waals surface area contributed by atoms with Crippen LogP contribution in [0.3, 0.4) is 0 Å². The van der Waals surface area contributed by atoms with Gasteiger partial charge in [0.15, 0.2) is 5.78 Å². The summed E-state index contributed by atoms with van der Waals surface area (Å²) < 4.78 is 0. The van der Waals surface area contributed by atoms with Crippen molar-refractivity contribution in [1.82, 2.24) is 41.7 Å². The van der Waals surface area contributed by atoms with Crippen LogP contribution in [-0.4, -0.2) is 152 Å². The molecule has 10 atom stereocenters. The van der Waals surface area contributed by atoms with Gasteiger partial charge in [0.1, 0.15) is 59.9 Å². The molecule has 0 aliphatic carbocycles. The molecular weight excluding hydrogens is 1060 g/mol. The molecule has 4 heterocycles. The fourth-order valence-corrected chi connectivity index (χ4v) is 10.6.